The van der Waals surface area contributed by atoms with Crippen LogP contribution in [0.5, 0.6) is 0 Å². The van der Waals surface area contributed by atoms with Crippen LogP contribution in [-0.2, 0) is 26.2 Å². The number of benzene rings is 3. The summed E-state index contributed by atoms with van der Waals surface area (Å²) in [6.07, 6.45) is 1.74. The van der Waals surface area contributed by atoms with Crippen LogP contribution in [0.4, 0.5) is 5.69 Å². The van der Waals surface area contributed by atoms with Gasteiger partial charge in [-0.25, -0.2) is 8.42 Å². The van der Waals surface area contributed by atoms with Gasteiger partial charge in [-0.05, 0) is 75.1 Å². The summed E-state index contributed by atoms with van der Waals surface area (Å²) < 4.78 is 29.1. The molecule has 3 aromatic carbocycles. The van der Waals surface area contributed by atoms with E-state index in [0.29, 0.717) is 22.8 Å². The lowest BCUT2D eigenvalue weighted by atomic mass is 10.1. The van der Waals surface area contributed by atoms with Crippen molar-refractivity contribution in [2.45, 2.75) is 64.9 Å². The van der Waals surface area contributed by atoms with Crippen LogP contribution in [0.2, 0.25) is 5.02 Å². The van der Waals surface area contributed by atoms with Crippen molar-refractivity contribution in [3.63, 3.8) is 0 Å². The van der Waals surface area contributed by atoms with E-state index in [0.717, 1.165) is 33.8 Å². The third-order valence-corrected chi connectivity index (χ3v) is 9.18. The summed E-state index contributed by atoms with van der Waals surface area (Å²) in [6, 6.07) is 18.2. The predicted molar refractivity (Wildman–Crippen MR) is 161 cm³/mol. The van der Waals surface area contributed by atoms with Crippen molar-refractivity contribution in [3.05, 3.63) is 94.0 Å². The molecule has 1 unspecified atom stereocenters. The molecule has 2 amide bonds. The Labute approximate surface area is 243 Å². The molecular weight excluding hydrogens is 546 g/mol. The number of carbonyl (C=O) groups is 2. The molecule has 0 heterocycles. The molecule has 3 rings (SSSR count). The lowest BCUT2D eigenvalue weighted by molar-refractivity contribution is -0.139. The van der Waals surface area contributed by atoms with Gasteiger partial charge in [-0.15, -0.1) is 0 Å². The number of nitrogens with one attached hydrogen (secondary N) is 1. The first-order valence-electron chi connectivity index (χ1n) is 13.4. The van der Waals surface area contributed by atoms with Gasteiger partial charge >= 0.3 is 0 Å². The monoisotopic (exact) mass is 583 g/mol. The molecule has 0 aromatic heterocycles. The van der Waals surface area contributed by atoms with Gasteiger partial charge in [0.25, 0.3) is 10.0 Å². The van der Waals surface area contributed by atoms with E-state index in [2.05, 4.69) is 5.32 Å². The third kappa shape index (κ3) is 7.43. The number of carbonyl (C=O) groups excluding carboxylic acids is 2. The highest BCUT2D eigenvalue weighted by atomic mass is 35.5. The Balaban J connectivity index is 2.05. The highest BCUT2D eigenvalue weighted by Gasteiger charge is 2.33. The van der Waals surface area contributed by atoms with Crippen molar-refractivity contribution in [1.82, 2.24) is 10.2 Å². The number of rotatable bonds is 12. The van der Waals surface area contributed by atoms with Crippen LogP contribution in [0, 0.1) is 20.8 Å². The average molecular weight is 584 g/mol. The summed E-state index contributed by atoms with van der Waals surface area (Å²) in [5.74, 6) is -0.793. The van der Waals surface area contributed by atoms with Gasteiger partial charge in [0, 0.05) is 18.1 Å². The molecule has 0 saturated heterocycles. The zero-order chi connectivity index (χ0) is 29.4. The van der Waals surface area contributed by atoms with Gasteiger partial charge in [-0.2, -0.15) is 0 Å². The summed E-state index contributed by atoms with van der Waals surface area (Å²) >= 11 is 6.38. The van der Waals surface area contributed by atoms with E-state index in [9.17, 15) is 18.0 Å². The molecule has 214 valence electrons. The smallest absolute Gasteiger partial charge is 0.264 e. The van der Waals surface area contributed by atoms with Gasteiger partial charge in [0.05, 0.1) is 10.6 Å². The van der Waals surface area contributed by atoms with Crippen LogP contribution >= 0.6 is 11.6 Å². The normalized spacial score (nSPS) is 12.1. The van der Waals surface area contributed by atoms with Gasteiger partial charge in [-0.3, -0.25) is 13.9 Å². The summed E-state index contributed by atoms with van der Waals surface area (Å²) in [7, 11) is -4.16. The fourth-order valence-corrected chi connectivity index (χ4v) is 5.95. The highest BCUT2D eigenvalue weighted by Crippen LogP contribution is 2.31. The van der Waals surface area contributed by atoms with Crippen molar-refractivity contribution in [2.75, 3.05) is 17.4 Å². The molecule has 0 aliphatic carbocycles. The van der Waals surface area contributed by atoms with Crippen molar-refractivity contribution in [2.24, 2.45) is 0 Å². The van der Waals surface area contributed by atoms with E-state index < -0.39 is 28.5 Å². The molecule has 0 aliphatic heterocycles. The number of nitrogens with zero attached hydrogens (tertiary/aromatic N) is 2. The second kappa shape index (κ2) is 13.8. The largest absolute Gasteiger partial charge is 0.354 e. The fourth-order valence-electron chi connectivity index (χ4n) is 4.31. The second-order valence-electron chi connectivity index (χ2n) is 9.98. The minimum atomic E-state index is -4.16. The Morgan fingerprint density at radius 1 is 0.950 bits per heavy atom. The maximum atomic E-state index is 14.1. The topological polar surface area (TPSA) is 86.8 Å². The maximum absolute atomic E-state index is 14.1. The van der Waals surface area contributed by atoms with Crippen LogP contribution in [0.3, 0.4) is 0 Å². The number of aryl methyl sites for hydroxylation is 2. The molecule has 0 saturated carbocycles. The predicted octanol–water partition coefficient (Wildman–Crippen LogP) is 5.79. The van der Waals surface area contributed by atoms with Gasteiger partial charge in [0.15, 0.2) is 0 Å². The molecule has 0 fully saturated rings. The second-order valence-corrected chi connectivity index (χ2v) is 12.2. The summed E-state index contributed by atoms with van der Waals surface area (Å²) in [6.45, 7) is 9.38. The zero-order valence-corrected chi connectivity index (χ0v) is 25.3. The number of anilines is 1. The third-order valence-electron chi connectivity index (χ3n) is 6.99. The number of unbranched alkanes of at least 4 members (excludes halogenated alkanes) is 1. The van der Waals surface area contributed by atoms with Crippen molar-refractivity contribution < 1.29 is 18.0 Å². The fraction of sp³-hybridized carbons (Fsp3) is 0.355. The number of halogens is 1. The minimum Gasteiger partial charge on any atom is -0.354 e. The van der Waals surface area contributed by atoms with Gasteiger partial charge in [0.1, 0.15) is 12.6 Å². The van der Waals surface area contributed by atoms with E-state index in [1.54, 1.807) is 44.2 Å². The first kappa shape index (κ1) is 31.2. The summed E-state index contributed by atoms with van der Waals surface area (Å²) in [5.41, 5.74) is 3.58. The Hall–Kier alpha value is -3.36. The average Bonchev–Trinajstić information content (AvgIpc) is 2.92. The zero-order valence-electron chi connectivity index (χ0n) is 23.8. The van der Waals surface area contributed by atoms with Crippen LogP contribution in [-0.4, -0.2) is 44.3 Å². The van der Waals surface area contributed by atoms with E-state index in [-0.39, 0.29) is 17.3 Å². The molecule has 1 N–H and O–H groups in total. The lowest BCUT2D eigenvalue weighted by Crippen LogP contribution is -2.51. The number of hydrogen-bond donors (Lipinski definition) is 1. The van der Waals surface area contributed by atoms with E-state index in [1.807, 2.05) is 45.0 Å². The Bertz CT molecular complexity index is 1440. The van der Waals surface area contributed by atoms with Crippen LogP contribution in [0.25, 0.3) is 0 Å². The Morgan fingerprint density at radius 2 is 1.62 bits per heavy atom. The standard InChI is InChI=1S/C31H38ClN3O4S/c1-6-7-19-33-31(37)25(5)34(20-26-12-9-8-11-23(26)3)30(36)21-35(29-14-10-13-28(32)24(29)4)40(38,39)27-17-15-22(2)16-18-27/h8-18,25H,6-7,19-21H2,1-5H3,(H,33,37). The Kier molecular flexibility index (Phi) is 10.8. The first-order chi connectivity index (χ1) is 19.0. The quantitative estimate of drug-likeness (QED) is 0.273. The number of hydrogen-bond acceptors (Lipinski definition) is 4. The molecule has 0 aliphatic rings. The van der Waals surface area contributed by atoms with Crippen LogP contribution in [0.1, 0.15) is 48.9 Å². The number of amides is 2. The Morgan fingerprint density at radius 3 is 2.27 bits per heavy atom. The minimum absolute atomic E-state index is 0.0566. The maximum Gasteiger partial charge on any atom is 0.264 e. The van der Waals surface area contributed by atoms with Gasteiger partial charge < -0.3 is 10.2 Å². The summed E-state index contributed by atoms with van der Waals surface area (Å²) in [5, 5.41) is 3.28. The molecule has 0 spiro atoms. The molecule has 40 heavy (non-hydrogen) atoms. The molecule has 7 nitrogen and oxygen atoms in total. The molecule has 9 heteroatoms. The lowest BCUT2D eigenvalue weighted by Gasteiger charge is -2.33. The summed E-state index contributed by atoms with van der Waals surface area (Å²) in [4.78, 5) is 28.6. The molecule has 1 atom stereocenters. The highest BCUT2D eigenvalue weighted by molar-refractivity contribution is 7.92. The molecule has 3 aromatic rings. The van der Waals surface area contributed by atoms with Gasteiger partial charge in [0.2, 0.25) is 11.8 Å². The molecule has 0 bridgehead atoms. The SMILES string of the molecule is CCCCNC(=O)C(C)N(Cc1ccccc1C)C(=O)CN(c1cccc(Cl)c1C)S(=O)(=O)c1ccc(C)cc1. The first-order valence-corrected chi connectivity index (χ1v) is 15.2. The van der Waals surface area contributed by atoms with Gasteiger partial charge in [-0.1, -0.05) is 73.0 Å². The van der Waals surface area contributed by atoms with Crippen molar-refractivity contribution in [3.8, 4) is 0 Å². The van der Waals surface area contributed by atoms with Crippen molar-refractivity contribution in [1.29, 1.82) is 0 Å². The van der Waals surface area contributed by atoms with Crippen LogP contribution in [0.15, 0.2) is 71.6 Å². The van der Waals surface area contributed by atoms with E-state index in [1.165, 1.54) is 17.0 Å². The molecule has 0 radical (unpaired) electrons. The van der Waals surface area contributed by atoms with E-state index >= 15 is 0 Å². The number of sulfonamides is 1. The molecular formula is C31H38ClN3O4S. The van der Waals surface area contributed by atoms with Crippen LogP contribution < -0.4 is 9.62 Å². The van der Waals surface area contributed by atoms with Crippen molar-refractivity contribution >= 4 is 39.1 Å². The van der Waals surface area contributed by atoms with E-state index in [4.69, 9.17) is 11.6 Å².